The highest BCUT2D eigenvalue weighted by Gasteiger charge is 2.55. The van der Waals surface area contributed by atoms with Crippen LogP contribution >= 0.6 is 15.9 Å². The molecule has 3 aromatic rings. The minimum Gasteiger partial charge on any atom is -0.271 e. The average Bonchev–Trinajstić information content (AvgIpc) is 3.68. The molecule has 0 bridgehead atoms. The first kappa shape index (κ1) is 28.3. The summed E-state index contributed by atoms with van der Waals surface area (Å²) < 4.78 is 0.744. The number of amides is 3. The second kappa shape index (κ2) is 11.2. The molecule has 0 aromatic heterocycles. The topological polar surface area (TPSA) is 98.0 Å². The Kier molecular flexibility index (Phi) is 7.24. The van der Waals surface area contributed by atoms with Gasteiger partial charge in [-0.15, -0.1) is 0 Å². The fraction of sp³-hybridized carbons (Fsp3) is 0.294. The van der Waals surface area contributed by atoms with E-state index in [0.29, 0.717) is 5.69 Å². The van der Waals surface area contributed by atoms with E-state index in [4.69, 9.17) is 5.10 Å². The Balaban J connectivity index is 1.19. The lowest BCUT2D eigenvalue weighted by atomic mass is 9.77. The SMILES string of the molecule is Cc1ccc(/C=C2\CCC[C@H]3C2=NN(C(=O)CN2N=N[C@@H]4C(=O)N(c5cccc(Br)c5)C(=O)[C@@H]42)[C@@H]3c2ccc(C)cc2)cc1. The zero-order chi connectivity index (χ0) is 30.5. The normalized spacial score (nSPS) is 25.1. The van der Waals surface area contributed by atoms with Gasteiger partial charge in [0.15, 0.2) is 12.1 Å². The number of anilines is 1. The van der Waals surface area contributed by atoms with Crippen LogP contribution in [-0.4, -0.2) is 52.1 Å². The summed E-state index contributed by atoms with van der Waals surface area (Å²) in [5.41, 5.74) is 6.98. The fourth-order valence-electron chi connectivity index (χ4n) is 6.60. The highest BCUT2D eigenvalue weighted by Crippen LogP contribution is 2.45. The minimum atomic E-state index is -0.987. The zero-order valence-corrected chi connectivity index (χ0v) is 26.0. The van der Waals surface area contributed by atoms with Crippen LogP contribution in [-0.2, 0) is 14.4 Å². The van der Waals surface area contributed by atoms with Gasteiger partial charge < -0.3 is 0 Å². The molecule has 10 heteroatoms. The van der Waals surface area contributed by atoms with Gasteiger partial charge in [0, 0.05) is 10.4 Å². The van der Waals surface area contributed by atoms with Crippen molar-refractivity contribution in [2.75, 3.05) is 11.4 Å². The molecule has 4 aliphatic rings. The van der Waals surface area contributed by atoms with Crippen molar-refractivity contribution in [1.82, 2.24) is 10.0 Å². The number of hydrazone groups is 1. The number of halogens is 1. The molecule has 4 atom stereocenters. The number of rotatable bonds is 5. The van der Waals surface area contributed by atoms with Crippen molar-refractivity contribution in [3.05, 3.63) is 105 Å². The summed E-state index contributed by atoms with van der Waals surface area (Å²) in [6.45, 7) is 3.89. The van der Waals surface area contributed by atoms with Crippen LogP contribution in [0.25, 0.3) is 6.08 Å². The predicted octanol–water partition coefficient (Wildman–Crippen LogP) is 6.18. The fourth-order valence-corrected chi connectivity index (χ4v) is 6.99. The maximum absolute atomic E-state index is 14.1. The molecule has 3 amide bonds. The Labute approximate surface area is 264 Å². The van der Waals surface area contributed by atoms with Crippen LogP contribution in [0.2, 0.25) is 0 Å². The maximum atomic E-state index is 14.1. The van der Waals surface area contributed by atoms with E-state index in [1.54, 1.807) is 23.2 Å². The molecule has 0 unspecified atom stereocenters. The third-order valence-corrected chi connectivity index (χ3v) is 9.31. The quantitative estimate of drug-likeness (QED) is 0.308. The summed E-state index contributed by atoms with van der Waals surface area (Å²) in [5, 5.41) is 16.2. The van der Waals surface area contributed by atoms with Crippen LogP contribution in [0.1, 0.15) is 47.6 Å². The van der Waals surface area contributed by atoms with Crippen LogP contribution in [0.4, 0.5) is 5.69 Å². The standard InChI is InChI=1S/C34H31BrN6O3/c1-20-9-13-22(14-10-20)17-24-5-3-8-27-29(24)37-41(31(27)23-15-11-21(2)12-16-23)28(42)19-39-32-30(36-38-39)33(43)40(34(32)44)26-7-4-6-25(35)18-26/h4,6-7,9-18,27,30-32H,3,5,8,19H2,1-2H3/b24-17+/t27-,30-,31+,32+/m0/s1. The monoisotopic (exact) mass is 650 g/mol. The maximum Gasteiger partial charge on any atom is 0.264 e. The van der Waals surface area contributed by atoms with E-state index in [1.165, 1.54) is 10.6 Å². The number of hydrogen-bond donors (Lipinski definition) is 0. The summed E-state index contributed by atoms with van der Waals surface area (Å²) in [7, 11) is 0. The lowest BCUT2D eigenvalue weighted by Gasteiger charge is -2.30. The number of carbonyl (C=O) groups excluding carboxylic acids is 3. The van der Waals surface area contributed by atoms with Crippen LogP contribution in [0, 0.1) is 19.8 Å². The van der Waals surface area contributed by atoms with Crippen LogP contribution in [0.3, 0.4) is 0 Å². The number of carbonyl (C=O) groups is 3. The Bertz CT molecular complexity index is 1750. The first-order valence-electron chi connectivity index (χ1n) is 14.8. The van der Waals surface area contributed by atoms with Gasteiger partial charge in [-0.25, -0.2) is 9.91 Å². The molecule has 1 saturated heterocycles. The average molecular weight is 652 g/mol. The first-order chi connectivity index (χ1) is 21.3. The molecular weight excluding hydrogens is 620 g/mol. The molecule has 1 aliphatic carbocycles. The minimum absolute atomic E-state index is 0.0433. The number of aryl methyl sites for hydroxylation is 2. The third-order valence-electron chi connectivity index (χ3n) is 8.82. The molecule has 222 valence electrons. The number of nitrogens with zero attached hydrogens (tertiary/aromatic N) is 6. The molecule has 1 saturated carbocycles. The van der Waals surface area contributed by atoms with Crippen molar-refractivity contribution < 1.29 is 14.4 Å². The largest absolute Gasteiger partial charge is 0.271 e. The van der Waals surface area contributed by atoms with Crippen molar-refractivity contribution in [3.8, 4) is 0 Å². The highest BCUT2D eigenvalue weighted by molar-refractivity contribution is 9.10. The summed E-state index contributed by atoms with van der Waals surface area (Å²) in [6, 6.07) is 21.4. The van der Waals surface area contributed by atoms with Gasteiger partial charge in [-0.3, -0.25) is 19.4 Å². The smallest absolute Gasteiger partial charge is 0.264 e. The summed E-state index contributed by atoms with van der Waals surface area (Å²) in [6.07, 6.45) is 4.98. The van der Waals surface area contributed by atoms with Gasteiger partial charge in [-0.1, -0.05) is 86.9 Å². The summed E-state index contributed by atoms with van der Waals surface area (Å²) in [5.74, 6) is -1.15. The van der Waals surface area contributed by atoms with E-state index >= 15 is 0 Å². The van der Waals surface area contributed by atoms with Gasteiger partial charge in [0.1, 0.15) is 6.54 Å². The molecule has 0 radical (unpaired) electrons. The van der Waals surface area contributed by atoms with Crippen LogP contribution < -0.4 is 4.90 Å². The van der Waals surface area contributed by atoms with Crippen molar-refractivity contribution in [1.29, 1.82) is 0 Å². The van der Waals surface area contributed by atoms with Crippen LogP contribution in [0.15, 0.2) is 98.3 Å². The van der Waals surface area contributed by atoms with Crippen molar-refractivity contribution in [2.24, 2.45) is 21.4 Å². The van der Waals surface area contributed by atoms with Gasteiger partial charge in [-0.05, 0) is 74.1 Å². The van der Waals surface area contributed by atoms with Gasteiger partial charge in [0.25, 0.3) is 17.7 Å². The lowest BCUT2D eigenvalue weighted by molar-refractivity contribution is -0.136. The van der Waals surface area contributed by atoms with E-state index in [-0.39, 0.29) is 24.4 Å². The number of hydrogen-bond acceptors (Lipinski definition) is 7. The lowest BCUT2D eigenvalue weighted by Crippen LogP contribution is -2.45. The Morgan fingerprint density at radius 1 is 0.955 bits per heavy atom. The Morgan fingerprint density at radius 3 is 2.41 bits per heavy atom. The number of benzene rings is 3. The highest BCUT2D eigenvalue weighted by atomic mass is 79.9. The number of imide groups is 1. The van der Waals surface area contributed by atoms with Crippen molar-refractivity contribution in [3.63, 3.8) is 0 Å². The van der Waals surface area contributed by atoms with E-state index in [9.17, 15) is 14.4 Å². The van der Waals surface area contributed by atoms with E-state index in [1.807, 2.05) is 13.0 Å². The molecular formula is C34H31BrN6O3. The number of fused-ring (bicyclic) bond motifs is 2. The van der Waals surface area contributed by atoms with Gasteiger partial charge in [0.05, 0.1) is 17.4 Å². The van der Waals surface area contributed by atoms with Crippen molar-refractivity contribution in [2.45, 2.75) is 51.2 Å². The van der Waals surface area contributed by atoms with Crippen molar-refractivity contribution >= 4 is 51.1 Å². The van der Waals surface area contributed by atoms with Gasteiger partial charge in [-0.2, -0.15) is 10.2 Å². The van der Waals surface area contributed by atoms with Gasteiger partial charge in [0.2, 0.25) is 0 Å². The molecule has 0 spiro atoms. The molecule has 2 fully saturated rings. The third kappa shape index (κ3) is 4.96. The molecule has 3 heterocycles. The first-order valence-corrected chi connectivity index (χ1v) is 15.6. The molecule has 7 rings (SSSR count). The van der Waals surface area contributed by atoms with E-state index < -0.39 is 23.9 Å². The number of allylic oxidation sites excluding steroid dienone is 1. The van der Waals surface area contributed by atoms with E-state index in [0.717, 1.165) is 56.6 Å². The molecule has 9 nitrogen and oxygen atoms in total. The Morgan fingerprint density at radius 2 is 1.68 bits per heavy atom. The zero-order valence-electron chi connectivity index (χ0n) is 24.4. The van der Waals surface area contributed by atoms with E-state index in [2.05, 4.69) is 87.8 Å². The summed E-state index contributed by atoms with van der Waals surface area (Å²) >= 11 is 3.40. The molecule has 3 aromatic carbocycles. The van der Waals surface area contributed by atoms with Crippen LogP contribution in [0.5, 0.6) is 0 Å². The van der Waals surface area contributed by atoms with Gasteiger partial charge >= 0.3 is 0 Å². The summed E-state index contributed by atoms with van der Waals surface area (Å²) in [4.78, 5) is 42.0. The second-order valence-electron chi connectivity index (χ2n) is 11.8. The Hall–Kier alpha value is -4.44. The molecule has 3 aliphatic heterocycles. The molecule has 44 heavy (non-hydrogen) atoms. The second-order valence-corrected chi connectivity index (χ2v) is 12.8. The molecule has 0 N–H and O–H groups in total. The predicted molar refractivity (Wildman–Crippen MR) is 170 cm³/mol.